The number of carbonyl (C=O) groups excluding carboxylic acids is 2. The first-order valence-electron chi connectivity index (χ1n) is 12.8. The third-order valence-electron chi connectivity index (χ3n) is 7.81. The van der Waals surface area contributed by atoms with Crippen molar-refractivity contribution >= 4 is 33.2 Å². The molecule has 3 fully saturated rings. The maximum atomic E-state index is 13.8. The first kappa shape index (κ1) is 26.4. The summed E-state index contributed by atoms with van der Waals surface area (Å²) in [5.41, 5.74) is 1.42. The number of esters is 1. The van der Waals surface area contributed by atoms with E-state index in [-0.39, 0.29) is 16.8 Å². The van der Waals surface area contributed by atoms with Gasteiger partial charge in [-0.1, -0.05) is 23.7 Å². The van der Waals surface area contributed by atoms with Crippen LogP contribution >= 0.6 is 11.6 Å². The number of hydrogen-bond donors (Lipinski definition) is 0. The van der Waals surface area contributed by atoms with Gasteiger partial charge in [-0.15, -0.1) is 0 Å². The van der Waals surface area contributed by atoms with Crippen molar-refractivity contribution in [2.45, 2.75) is 61.5 Å². The molecule has 3 aliphatic rings. The lowest BCUT2D eigenvalue weighted by molar-refractivity contribution is -0.157. The van der Waals surface area contributed by atoms with Crippen molar-refractivity contribution in [2.75, 3.05) is 32.5 Å². The number of carbonyl (C=O) groups is 2. The molecule has 0 radical (unpaired) electrons. The van der Waals surface area contributed by atoms with Crippen LogP contribution in [0.15, 0.2) is 41.3 Å². The quantitative estimate of drug-likeness (QED) is 0.394. The molecule has 0 aliphatic carbocycles. The molecule has 7 nitrogen and oxygen atoms in total. The van der Waals surface area contributed by atoms with Gasteiger partial charge in [0.15, 0.2) is 21.2 Å². The second-order valence-electron chi connectivity index (χ2n) is 10.5. The topological polar surface area (TPSA) is 90.0 Å². The number of piperidine rings is 1. The van der Waals surface area contributed by atoms with Crippen LogP contribution in [0.2, 0.25) is 5.02 Å². The summed E-state index contributed by atoms with van der Waals surface area (Å²) < 4.78 is 35.6. The van der Waals surface area contributed by atoms with Gasteiger partial charge in [-0.2, -0.15) is 0 Å². The molecule has 5 rings (SSSR count). The van der Waals surface area contributed by atoms with E-state index >= 15 is 0 Å². The maximum absolute atomic E-state index is 13.8. The highest BCUT2D eigenvalue weighted by atomic mass is 35.5. The fourth-order valence-electron chi connectivity index (χ4n) is 5.84. The van der Waals surface area contributed by atoms with Crippen LogP contribution in [0, 0.1) is 6.92 Å². The third kappa shape index (κ3) is 5.21. The summed E-state index contributed by atoms with van der Waals surface area (Å²) in [7, 11) is -3.38. The van der Waals surface area contributed by atoms with Crippen molar-refractivity contribution < 1.29 is 27.5 Å². The minimum atomic E-state index is -3.38. The molecule has 3 aliphatic heterocycles. The number of likely N-dealkylation sites (tertiary alicyclic amines) is 1. The molecular weight excluding hydrogens is 514 g/mol. The zero-order chi connectivity index (χ0) is 26.4. The highest BCUT2D eigenvalue weighted by Gasteiger charge is 2.57. The minimum Gasteiger partial charge on any atom is -0.449 e. The van der Waals surface area contributed by atoms with Crippen molar-refractivity contribution in [3.8, 4) is 11.1 Å². The van der Waals surface area contributed by atoms with Crippen LogP contribution in [0.5, 0.6) is 0 Å². The number of ether oxygens (including phenoxy) is 2. The van der Waals surface area contributed by atoms with E-state index in [0.29, 0.717) is 34.7 Å². The van der Waals surface area contributed by atoms with Gasteiger partial charge in [0.25, 0.3) is 0 Å². The van der Waals surface area contributed by atoms with Crippen molar-refractivity contribution in [2.24, 2.45) is 0 Å². The summed E-state index contributed by atoms with van der Waals surface area (Å²) in [4.78, 5) is 29.3. The Labute approximate surface area is 223 Å². The number of benzene rings is 2. The van der Waals surface area contributed by atoms with E-state index in [4.69, 9.17) is 21.1 Å². The normalized spacial score (nSPS) is 26.7. The largest absolute Gasteiger partial charge is 0.449 e. The Hall–Kier alpha value is -2.26. The van der Waals surface area contributed by atoms with E-state index < -0.39 is 27.3 Å². The molecule has 1 spiro atoms. The van der Waals surface area contributed by atoms with E-state index in [0.717, 1.165) is 57.2 Å². The summed E-state index contributed by atoms with van der Waals surface area (Å²) in [5, 5.41) is 0.342. The van der Waals surface area contributed by atoms with Crippen LogP contribution in [0.3, 0.4) is 0 Å². The van der Waals surface area contributed by atoms with E-state index in [2.05, 4.69) is 4.90 Å². The van der Waals surface area contributed by atoms with Gasteiger partial charge in [0.2, 0.25) is 0 Å². The second kappa shape index (κ2) is 10.1. The van der Waals surface area contributed by atoms with Crippen LogP contribution in [0.4, 0.5) is 0 Å². The molecule has 3 heterocycles. The molecule has 3 saturated heterocycles. The average molecular weight is 546 g/mol. The van der Waals surface area contributed by atoms with E-state index in [9.17, 15) is 18.0 Å². The lowest BCUT2D eigenvalue weighted by atomic mass is 9.81. The number of nitrogens with zero attached hydrogens (tertiary/aromatic N) is 1. The summed E-state index contributed by atoms with van der Waals surface area (Å²) in [5.74, 6) is -1.76. The van der Waals surface area contributed by atoms with Crippen molar-refractivity contribution in [1.82, 2.24) is 4.90 Å². The number of hydrogen-bond acceptors (Lipinski definition) is 7. The lowest BCUT2D eigenvalue weighted by Gasteiger charge is -2.38. The fourth-order valence-corrected chi connectivity index (χ4v) is 6.79. The smallest absolute Gasteiger partial charge is 0.322 e. The van der Waals surface area contributed by atoms with Gasteiger partial charge in [-0.25, -0.2) is 8.42 Å². The van der Waals surface area contributed by atoms with Crippen molar-refractivity contribution in [3.63, 3.8) is 0 Å². The Morgan fingerprint density at radius 3 is 2.70 bits per heavy atom. The van der Waals surface area contributed by atoms with Crippen LogP contribution in [0.1, 0.15) is 49.1 Å². The van der Waals surface area contributed by atoms with E-state index in [1.165, 1.54) is 6.07 Å². The van der Waals surface area contributed by atoms with Crippen LogP contribution in [0.25, 0.3) is 11.1 Å². The molecule has 0 amide bonds. The maximum Gasteiger partial charge on any atom is 0.322 e. The highest BCUT2D eigenvalue weighted by molar-refractivity contribution is 7.90. The standard InChI is InChI=1S/C28H32ClNO6S/c1-18-14-23(19-6-3-8-21(15-19)37(2,33)34)24(29)16-22(18)25-26(31)28(36-27(25)32)10-5-11-30(17-28)12-9-20-7-4-13-35-20/h3,6,8,14-16,20,25H,4-5,7,9-13,17H2,1-2H3. The number of halogens is 1. The first-order chi connectivity index (χ1) is 17.6. The molecule has 9 heteroatoms. The van der Waals surface area contributed by atoms with Gasteiger partial charge in [0.05, 0.1) is 11.0 Å². The number of aryl methyl sites for hydroxylation is 1. The molecule has 0 aromatic heterocycles. The molecule has 2 aromatic carbocycles. The highest BCUT2D eigenvalue weighted by Crippen LogP contribution is 2.43. The zero-order valence-corrected chi connectivity index (χ0v) is 22.7. The minimum absolute atomic E-state index is 0.195. The van der Waals surface area contributed by atoms with Crippen molar-refractivity contribution in [3.05, 3.63) is 52.5 Å². The van der Waals surface area contributed by atoms with Crippen LogP contribution < -0.4 is 0 Å². The SMILES string of the molecule is Cc1cc(-c2cccc(S(C)(=O)=O)c2)c(Cl)cc1C1C(=O)OC2(CCCN(CCC3CCCO3)C2)C1=O. The Bertz CT molecular complexity index is 1340. The fraction of sp³-hybridized carbons (Fsp3) is 0.500. The Morgan fingerprint density at radius 1 is 1.16 bits per heavy atom. The van der Waals surface area contributed by atoms with Gasteiger partial charge in [0.1, 0.15) is 5.92 Å². The van der Waals surface area contributed by atoms with Gasteiger partial charge in [-0.05, 0) is 86.5 Å². The van der Waals surface area contributed by atoms with Crippen LogP contribution in [-0.4, -0.2) is 69.3 Å². The molecule has 198 valence electrons. The van der Waals surface area contributed by atoms with Gasteiger partial charge < -0.3 is 9.47 Å². The first-order valence-corrected chi connectivity index (χ1v) is 15.1. The Morgan fingerprint density at radius 2 is 1.97 bits per heavy atom. The summed E-state index contributed by atoms with van der Waals surface area (Å²) >= 11 is 6.65. The molecule has 3 unspecified atom stereocenters. The summed E-state index contributed by atoms with van der Waals surface area (Å²) in [6, 6.07) is 10.0. The number of Topliss-reactive ketones (excluding diaryl/α,β-unsaturated/α-hetero) is 1. The molecule has 0 saturated carbocycles. The van der Waals surface area contributed by atoms with E-state index in [1.807, 2.05) is 6.92 Å². The van der Waals surface area contributed by atoms with Gasteiger partial charge in [0, 0.05) is 36.5 Å². The molecule has 0 bridgehead atoms. The molecule has 3 atom stereocenters. The molecular formula is C28H32ClNO6S. The van der Waals surface area contributed by atoms with Crippen molar-refractivity contribution in [1.29, 1.82) is 0 Å². The molecule has 2 aromatic rings. The van der Waals surface area contributed by atoms with Crippen LogP contribution in [-0.2, 0) is 28.9 Å². The predicted octanol–water partition coefficient (Wildman–Crippen LogP) is 4.33. The number of sulfone groups is 1. The van der Waals surface area contributed by atoms with Gasteiger partial charge >= 0.3 is 5.97 Å². The monoisotopic (exact) mass is 545 g/mol. The lowest BCUT2D eigenvalue weighted by Crippen LogP contribution is -2.52. The number of rotatable bonds is 6. The third-order valence-corrected chi connectivity index (χ3v) is 9.23. The molecule has 37 heavy (non-hydrogen) atoms. The molecule has 0 N–H and O–H groups in total. The summed E-state index contributed by atoms with van der Waals surface area (Å²) in [6.07, 6.45) is 5.82. The summed E-state index contributed by atoms with van der Waals surface area (Å²) in [6.45, 7) is 4.74. The predicted molar refractivity (Wildman–Crippen MR) is 141 cm³/mol. The average Bonchev–Trinajstić information content (AvgIpc) is 3.45. The Balaban J connectivity index is 1.39. The number of ketones is 1. The Kier molecular flexibility index (Phi) is 7.22. The second-order valence-corrected chi connectivity index (χ2v) is 12.9. The zero-order valence-electron chi connectivity index (χ0n) is 21.2. The van der Waals surface area contributed by atoms with Gasteiger partial charge in [-0.3, -0.25) is 14.5 Å². The van der Waals surface area contributed by atoms with E-state index in [1.54, 1.807) is 30.3 Å².